The number of benzene rings is 2. The third kappa shape index (κ3) is 5.01. The van der Waals surface area contributed by atoms with Crippen molar-refractivity contribution in [3.8, 4) is 11.5 Å². The SMILES string of the molecule is CCCCOc1ccc(/C=C2\SC(=O)N(Cc3ccccc3C)C2=O)cc1OC. The topological polar surface area (TPSA) is 55.8 Å². The zero-order valence-electron chi connectivity index (χ0n) is 16.9. The molecule has 0 spiro atoms. The molecule has 0 bridgehead atoms. The monoisotopic (exact) mass is 411 g/mol. The Labute approximate surface area is 175 Å². The number of nitrogens with zero attached hydrogens (tertiary/aromatic N) is 1. The molecule has 0 atom stereocenters. The van der Waals surface area contributed by atoms with Crippen molar-refractivity contribution in [2.45, 2.75) is 33.2 Å². The van der Waals surface area contributed by atoms with Crippen molar-refractivity contribution in [1.29, 1.82) is 0 Å². The van der Waals surface area contributed by atoms with E-state index in [1.807, 2.05) is 49.4 Å². The molecule has 5 nitrogen and oxygen atoms in total. The number of aryl methyl sites for hydroxylation is 1. The largest absolute Gasteiger partial charge is 0.493 e. The second-order valence-corrected chi connectivity index (χ2v) is 7.80. The minimum atomic E-state index is -0.273. The highest BCUT2D eigenvalue weighted by Gasteiger charge is 2.35. The highest BCUT2D eigenvalue weighted by Crippen LogP contribution is 2.35. The quantitative estimate of drug-likeness (QED) is 0.429. The molecule has 0 aliphatic carbocycles. The Morgan fingerprint density at radius 3 is 2.62 bits per heavy atom. The van der Waals surface area contributed by atoms with Crippen molar-refractivity contribution in [3.63, 3.8) is 0 Å². The van der Waals surface area contributed by atoms with Gasteiger partial charge < -0.3 is 9.47 Å². The first-order chi connectivity index (χ1) is 14.0. The molecule has 152 valence electrons. The van der Waals surface area contributed by atoms with E-state index >= 15 is 0 Å². The smallest absolute Gasteiger partial charge is 0.293 e. The highest BCUT2D eigenvalue weighted by atomic mass is 32.2. The van der Waals surface area contributed by atoms with Gasteiger partial charge in [0.25, 0.3) is 11.1 Å². The lowest BCUT2D eigenvalue weighted by Gasteiger charge is -2.14. The van der Waals surface area contributed by atoms with Crippen molar-refractivity contribution in [3.05, 3.63) is 64.1 Å². The number of carbonyl (C=O) groups is 2. The van der Waals surface area contributed by atoms with E-state index in [2.05, 4.69) is 6.92 Å². The molecule has 29 heavy (non-hydrogen) atoms. The van der Waals surface area contributed by atoms with E-state index in [1.165, 1.54) is 4.90 Å². The molecule has 0 radical (unpaired) electrons. The first-order valence-corrected chi connectivity index (χ1v) is 10.5. The average Bonchev–Trinajstić information content (AvgIpc) is 2.98. The van der Waals surface area contributed by atoms with Gasteiger partial charge in [0.05, 0.1) is 25.2 Å². The second-order valence-electron chi connectivity index (χ2n) is 6.81. The van der Waals surface area contributed by atoms with Gasteiger partial charge in [0.2, 0.25) is 0 Å². The maximum absolute atomic E-state index is 12.8. The Morgan fingerprint density at radius 1 is 1.10 bits per heavy atom. The van der Waals surface area contributed by atoms with Crippen LogP contribution in [-0.4, -0.2) is 29.8 Å². The summed E-state index contributed by atoms with van der Waals surface area (Å²) >= 11 is 0.963. The summed E-state index contributed by atoms with van der Waals surface area (Å²) in [6.07, 6.45) is 3.75. The Balaban J connectivity index is 1.77. The van der Waals surface area contributed by atoms with Gasteiger partial charge in [-0.05, 0) is 60.0 Å². The van der Waals surface area contributed by atoms with Crippen molar-refractivity contribution in [1.82, 2.24) is 4.90 Å². The number of unbranched alkanes of at least 4 members (excludes halogenated alkanes) is 1. The van der Waals surface area contributed by atoms with Gasteiger partial charge in [-0.15, -0.1) is 0 Å². The van der Waals surface area contributed by atoms with Crippen molar-refractivity contribution in [2.24, 2.45) is 0 Å². The molecule has 0 N–H and O–H groups in total. The summed E-state index contributed by atoms with van der Waals surface area (Å²) < 4.78 is 11.2. The molecule has 0 unspecified atom stereocenters. The summed E-state index contributed by atoms with van der Waals surface area (Å²) in [6.45, 7) is 4.99. The van der Waals surface area contributed by atoms with Crippen molar-refractivity contribution >= 4 is 29.0 Å². The van der Waals surface area contributed by atoms with Gasteiger partial charge >= 0.3 is 0 Å². The summed E-state index contributed by atoms with van der Waals surface area (Å²) in [5.74, 6) is 1.00. The molecular formula is C23H25NO4S. The van der Waals surface area contributed by atoms with Gasteiger partial charge in [-0.1, -0.05) is 43.7 Å². The summed E-state index contributed by atoms with van der Waals surface area (Å²) in [5.41, 5.74) is 2.80. The van der Waals surface area contributed by atoms with Crippen molar-refractivity contribution in [2.75, 3.05) is 13.7 Å². The maximum atomic E-state index is 12.8. The molecule has 6 heteroatoms. The Morgan fingerprint density at radius 2 is 1.90 bits per heavy atom. The third-order valence-electron chi connectivity index (χ3n) is 4.70. The summed E-state index contributed by atoms with van der Waals surface area (Å²) in [4.78, 5) is 26.9. The van der Waals surface area contributed by atoms with Gasteiger partial charge in [-0.2, -0.15) is 0 Å². The number of carbonyl (C=O) groups excluding carboxylic acids is 2. The van der Waals surface area contributed by atoms with Gasteiger partial charge in [0.1, 0.15) is 0 Å². The van der Waals surface area contributed by atoms with Gasteiger partial charge in [0.15, 0.2) is 11.5 Å². The van der Waals surface area contributed by atoms with Crippen LogP contribution in [0.25, 0.3) is 6.08 Å². The van der Waals surface area contributed by atoms with Gasteiger partial charge in [-0.3, -0.25) is 14.5 Å². The minimum Gasteiger partial charge on any atom is -0.493 e. The minimum absolute atomic E-state index is 0.254. The van der Waals surface area contributed by atoms with E-state index in [4.69, 9.17) is 9.47 Å². The molecule has 3 rings (SSSR count). The van der Waals surface area contributed by atoms with E-state index in [1.54, 1.807) is 13.2 Å². The number of ether oxygens (including phenoxy) is 2. The lowest BCUT2D eigenvalue weighted by Crippen LogP contribution is -2.27. The van der Waals surface area contributed by atoms with Crippen LogP contribution >= 0.6 is 11.8 Å². The fourth-order valence-corrected chi connectivity index (χ4v) is 3.80. The van der Waals surface area contributed by atoms with Gasteiger partial charge in [-0.25, -0.2) is 0 Å². The standard InChI is InChI=1S/C23H25NO4S/c1-4-5-12-28-19-11-10-17(13-20(19)27-3)14-21-22(25)24(23(26)29-21)15-18-9-7-6-8-16(18)2/h6-11,13-14H,4-5,12,15H2,1-3H3/b21-14-. The van der Waals surface area contributed by atoms with Crippen LogP contribution in [0.3, 0.4) is 0 Å². The fourth-order valence-electron chi connectivity index (χ4n) is 2.97. The van der Waals surface area contributed by atoms with E-state index < -0.39 is 0 Å². The summed E-state index contributed by atoms with van der Waals surface area (Å²) in [6, 6.07) is 13.3. The first-order valence-electron chi connectivity index (χ1n) is 9.64. The Hall–Kier alpha value is -2.73. The van der Waals surface area contributed by atoms with E-state index in [0.717, 1.165) is 41.3 Å². The molecule has 0 saturated carbocycles. The van der Waals surface area contributed by atoms with Gasteiger partial charge in [0, 0.05) is 0 Å². The van der Waals surface area contributed by atoms with Crippen LogP contribution < -0.4 is 9.47 Å². The summed E-state index contributed by atoms with van der Waals surface area (Å²) in [7, 11) is 1.59. The fraction of sp³-hybridized carbons (Fsp3) is 0.304. The van der Waals surface area contributed by atoms with Crippen molar-refractivity contribution < 1.29 is 19.1 Å². The highest BCUT2D eigenvalue weighted by molar-refractivity contribution is 8.18. The third-order valence-corrected chi connectivity index (χ3v) is 5.61. The second kappa shape index (κ2) is 9.65. The number of imide groups is 1. The predicted molar refractivity (Wildman–Crippen MR) is 116 cm³/mol. The number of rotatable bonds is 8. The zero-order chi connectivity index (χ0) is 20.8. The molecule has 0 aromatic heterocycles. The van der Waals surface area contributed by atoms with E-state index in [9.17, 15) is 9.59 Å². The molecule has 2 amide bonds. The molecule has 1 saturated heterocycles. The normalized spacial score (nSPS) is 15.3. The van der Waals surface area contributed by atoms with Crippen LogP contribution in [-0.2, 0) is 11.3 Å². The molecule has 1 fully saturated rings. The van der Waals surface area contributed by atoms with Crippen LogP contribution in [0.15, 0.2) is 47.4 Å². The molecule has 1 aliphatic heterocycles. The molecule has 2 aromatic rings. The number of methoxy groups -OCH3 is 1. The molecule has 1 heterocycles. The predicted octanol–water partition coefficient (Wildman–Crippen LogP) is 5.42. The van der Waals surface area contributed by atoms with Crippen LogP contribution in [0.1, 0.15) is 36.5 Å². The summed E-state index contributed by atoms with van der Waals surface area (Å²) in [5, 5.41) is -0.254. The van der Waals surface area contributed by atoms with E-state index in [0.29, 0.717) is 23.0 Å². The Bertz CT molecular complexity index is 938. The number of thioether (sulfide) groups is 1. The number of hydrogen-bond donors (Lipinski definition) is 0. The van der Waals surface area contributed by atoms with Crippen LogP contribution in [0, 0.1) is 6.92 Å². The number of hydrogen-bond acceptors (Lipinski definition) is 5. The maximum Gasteiger partial charge on any atom is 0.293 e. The Kier molecular flexibility index (Phi) is 6.99. The lowest BCUT2D eigenvalue weighted by molar-refractivity contribution is -0.123. The molecule has 1 aliphatic rings. The lowest BCUT2D eigenvalue weighted by atomic mass is 10.1. The number of amides is 2. The van der Waals surface area contributed by atoms with Crippen LogP contribution in [0.2, 0.25) is 0 Å². The zero-order valence-corrected chi connectivity index (χ0v) is 17.8. The first kappa shape index (κ1) is 21.0. The van der Waals surface area contributed by atoms with E-state index in [-0.39, 0.29) is 17.7 Å². The average molecular weight is 412 g/mol. The van der Waals surface area contributed by atoms with Crippen LogP contribution in [0.5, 0.6) is 11.5 Å². The molecule has 2 aromatic carbocycles. The van der Waals surface area contributed by atoms with Crippen LogP contribution in [0.4, 0.5) is 4.79 Å². The molecular weight excluding hydrogens is 386 g/mol.